The van der Waals surface area contributed by atoms with E-state index in [-0.39, 0.29) is 6.61 Å². The van der Waals surface area contributed by atoms with E-state index in [2.05, 4.69) is 0 Å². The van der Waals surface area contributed by atoms with Gasteiger partial charge in [0.05, 0.1) is 6.04 Å². The van der Waals surface area contributed by atoms with E-state index < -0.39 is 18.2 Å². The second kappa shape index (κ2) is 7.30. The fourth-order valence-electron chi connectivity index (χ4n) is 1.90. The summed E-state index contributed by atoms with van der Waals surface area (Å²) in [7, 11) is 0. The van der Waals surface area contributed by atoms with E-state index in [0.29, 0.717) is 11.5 Å². The third kappa shape index (κ3) is 4.50. The van der Waals surface area contributed by atoms with Gasteiger partial charge in [-0.25, -0.2) is 9.59 Å². The lowest BCUT2D eigenvalue weighted by Crippen LogP contribution is -2.43. The Balaban J connectivity index is 1.76. The van der Waals surface area contributed by atoms with Crippen LogP contribution in [0.25, 0.3) is 0 Å². The van der Waals surface area contributed by atoms with Crippen LogP contribution in [0.15, 0.2) is 42.5 Å². The molecular weight excluding hydrogens is 276 g/mol. The van der Waals surface area contributed by atoms with Gasteiger partial charge in [-0.3, -0.25) is 0 Å². The minimum Gasteiger partial charge on any atom is -0.463 e. The minimum absolute atomic E-state index is 0.0758. The van der Waals surface area contributed by atoms with Crippen LogP contribution in [0.5, 0.6) is 0 Å². The molecule has 0 radical (unpaired) electrons. The van der Waals surface area contributed by atoms with Crippen LogP contribution in [0.1, 0.15) is 18.4 Å². The fourth-order valence-corrected chi connectivity index (χ4v) is 1.90. The van der Waals surface area contributed by atoms with Gasteiger partial charge in [0, 0.05) is 0 Å². The molecule has 2 N–H and O–H groups in total. The first kappa shape index (κ1) is 14.9. The number of allylic oxidation sites excluding steroid dienone is 1. The lowest BCUT2D eigenvalue weighted by atomic mass is 10.2. The maximum atomic E-state index is 11.5. The van der Waals surface area contributed by atoms with Crippen LogP contribution in [-0.4, -0.2) is 28.4 Å². The van der Waals surface area contributed by atoms with Gasteiger partial charge in [0.25, 0.3) is 0 Å². The molecule has 1 aliphatic carbocycles. The number of benzene rings is 1. The summed E-state index contributed by atoms with van der Waals surface area (Å²) in [5.74, 6) is 0. The quantitative estimate of drug-likeness (QED) is 0.643. The summed E-state index contributed by atoms with van der Waals surface area (Å²) in [5.41, 5.74) is 2.78. The Morgan fingerprint density at radius 2 is 2.10 bits per heavy atom. The number of carboxylic acid groups (broad SMARTS) is 1. The van der Waals surface area contributed by atoms with Crippen LogP contribution < -0.4 is 5.48 Å². The summed E-state index contributed by atoms with van der Waals surface area (Å²) in [5, 5.41) is 9.72. The molecule has 2 amide bonds. The number of nitrogens with one attached hydrogen (secondary N) is 1. The normalized spacial score (nSPS) is 16.5. The SMILES string of the molecule is O=C(NON(C(=O)O)C1C=CCC1)OCc1ccccc1. The standard InChI is InChI=1S/C14H16N2O5/c17-13(20-10-11-6-2-1-3-7-11)15-21-16(14(18)19)12-8-4-5-9-12/h1-4,6-8,12H,5,9-10H2,(H,15,17)(H,18,19). The molecule has 1 aromatic carbocycles. The Hall–Kier alpha value is -2.54. The van der Waals surface area contributed by atoms with Crippen molar-refractivity contribution in [3.05, 3.63) is 48.0 Å². The zero-order valence-corrected chi connectivity index (χ0v) is 11.3. The minimum atomic E-state index is -1.28. The van der Waals surface area contributed by atoms with E-state index >= 15 is 0 Å². The molecule has 0 spiro atoms. The molecule has 1 unspecified atom stereocenters. The summed E-state index contributed by atoms with van der Waals surface area (Å²) in [6.45, 7) is 0.0758. The molecular formula is C14H16N2O5. The van der Waals surface area contributed by atoms with Gasteiger partial charge >= 0.3 is 12.2 Å². The summed E-state index contributed by atoms with van der Waals surface area (Å²) in [6, 6.07) is 8.71. The molecule has 0 saturated carbocycles. The van der Waals surface area contributed by atoms with Gasteiger partial charge < -0.3 is 9.84 Å². The molecule has 0 heterocycles. The molecule has 0 bridgehead atoms. The van der Waals surface area contributed by atoms with Crippen molar-refractivity contribution < 1.29 is 24.4 Å². The zero-order valence-electron chi connectivity index (χ0n) is 11.3. The average Bonchev–Trinajstić information content (AvgIpc) is 3.00. The number of nitrogens with zero attached hydrogens (tertiary/aromatic N) is 1. The monoisotopic (exact) mass is 292 g/mol. The highest BCUT2D eigenvalue weighted by atomic mass is 16.8. The molecule has 2 rings (SSSR count). The molecule has 0 fully saturated rings. The van der Waals surface area contributed by atoms with Gasteiger partial charge in [-0.2, -0.15) is 10.5 Å². The molecule has 7 heteroatoms. The summed E-state index contributed by atoms with van der Waals surface area (Å²) >= 11 is 0. The fraction of sp³-hybridized carbons (Fsp3) is 0.286. The molecule has 0 aliphatic heterocycles. The van der Waals surface area contributed by atoms with Crippen molar-refractivity contribution in [2.24, 2.45) is 0 Å². The second-order valence-corrected chi connectivity index (χ2v) is 4.44. The van der Waals surface area contributed by atoms with Gasteiger partial charge in [0.1, 0.15) is 6.61 Å². The first-order valence-electron chi connectivity index (χ1n) is 6.49. The molecule has 112 valence electrons. The van der Waals surface area contributed by atoms with Crippen molar-refractivity contribution >= 4 is 12.2 Å². The van der Waals surface area contributed by atoms with E-state index in [1.54, 1.807) is 18.2 Å². The molecule has 21 heavy (non-hydrogen) atoms. The average molecular weight is 292 g/mol. The van der Waals surface area contributed by atoms with E-state index in [0.717, 1.165) is 12.0 Å². The number of hydrogen-bond acceptors (Lipinski definition) is 4. The highest BCUT2D eigenvalue weighted by molar-refractivity contribution is 5.67. The van der Waals surface area contributed by atoms with Crippen LogP contribution in [0.2, 0.25) is 0 Å². The number of hydrogen-bond donors (Lipinski definition) is 2. The van der Waals surface area contributed by atoms with Crippen LogP contribution in [0.4, 0.5) is 9.59 Å². The zero-order chi connectivity index (χ0) is 15.1. The molecule has 0 saturated heterocycles. The van der Waals surface area contributed by atoms with Crippen molar-refractivity contribution in [3.8, 4) is 0 Å². The molecule has 1 atom stereocenters. The Morgan fingerprint density at radius 1 is 1.33 bits per heavy atom. The molecule has 7 nitrogen and oxygen atoms in total. The Kier molecular flexibility index (Phi) is 5.16. The van der Waals surface area contributed by atoms with Crippen LogP contribution in [0, 0.1) is 0 Å². The lowest BCUT2D eigenvalue weighted by Gasteiger charge is -2.22. The summed E-state index contributed by atoms with van der Waals surface area (Å²) in [6.07, 6.45) is 2.83. The third-order valence-corrected chi connectivity index (χ3v) is 2.92. The van der Waals surface area contributed by atoms with Crippen molar-refractivity contribution in [1.29, 1.82) is 0 Å². The van der Waals surface area contributed by atoms with Crippen molar-refractivity contribution in [2.45, 2.75) is 25.5 Å². The molecule has 0 aromatic heterocycles. The van der Waals surface area contributed by atoms with Crippen LogP contribution >= 0.6 is 0 Å². The number of carbonyl (C=O) groups excluding carboxylic acids is 1. The van der Waals surface area contributed by atoms with Gasteiger partial charge in [-0.1, -0.05) is 42.5 Å². The number of carbonyl (C=O) groups is 2. The highest BCUT2D eigenvalue weighted by Crippen LogP contribution is 2.16. The van der Waals surface area contributed by atoms with Gasteiger partial charge in [-0.05, 0) is 18.4 Å². The van der Waals surface area contributed by atoms with Gasteiger partial charge in [-0.15, -0.1) is 4.94 Å². The smallest absolute Gasteiger partial charge is 0.434 e. The number of rotatable bonds is 5. The number of amides is 2. The topological polar surface area (TPSA) is 88.1 Å². The maximum absolute atomic E-state index is 11.5. The van der Waals surface area contributed by atoms with E-state index in [4.69, 9.17) is 14.8 Å². The summed E-state index contributed by atoms with van der Waals surface area (Å²) in [4.78, 5) is 27.3. The second-order valence-electron chi connectivity index (χ2n) is 4.44. The van der Waals surface area contributed by atoms with E-state index in [9.17, 15) is 9.59 Å². The van der Waals surface area contributed by atoms with E-state index in [1.807, 2.05) is 29.8 Å². The predicted molar refractivity (Wildman–Crippen MR) is 72.9 cm³/mol. The number of ether oxygens (including phenoxy) is 1. The van der Waals surface area contributed by atoms with E-state index in [1.165, 1.54) is 0 Å². The highest BCUT2D eigenvalue weighted by Gasteiger charge is 2.25. The van der Waals surface area contributed by atoms with Crippen molar-refractivity contribution in [3.63, 3.8) is 0 Å². The largest absolute Gasteiger partial charge is 0.463 e. The van der Waals surface area contributed by atoms with Crippen LogP contribution in [-0.2, 0) is 16.3 Å². The Bertz CT molecular complexity index is 517. The first-order valence-corrected chi connectivity index (χ1v) is 6.49. The van der Waals surface area contributed by atoms with Gasteiger partial charge in [0.15, 0.2) is 0 Å². The Labute approximate surface area is 121 Å². The Morgan fingerprint density at radius 3 is 2.71 bits per heavy atom. The first-order chi connectivity index (χ1) is 10.2. The number of hydroxylamine groups is 3. The predicted octanol–water partition coefficient (Wildman–Crippen LogP) is 2.46. The third-order valence-electron chi connectivity index (χ3n) is 2.92. The van der Waals surface area contributed by atoms with Gasteiger partial charge in [0.2, 0.25) is 0 Å². The molecule has 1 aliphatic rings. The van der Waals surface area contributed by atoms with Crippen molar-refractivity contribution in [1.82, 2.24) is 10.5 Å². The molecule has 1 aromatic rings. The maximum Gasteiger partial charge on any atom is 0.434 e. The lowest BCUT2D eigenvalue weighted by molar-refractivity contribution is -0.187. The van der Waals surface area contributed by atoms with Crippen LogP contribution in [0.3, 0.4) is 0 Å². The summed E-state index contributed by atoms with van der Waals surface area (Å²) < 4.78 is 4.91. The van der Waals surface area contributed by atoms with Crippen molar-refractivity contribution in [2.75, 3.05) is 0 Å².